The van der Waals surface area contributed by atoms with Gasteiger partial charge in [-0.15, -0.1) is 0 Å². The molecule has 0 atom stereocenters. The van der Waals surface area contributed by atoms with Crippen molar-refractivity contribution in [2.45, 2.75) is 6.92 Å². The summed E-state index contributed by atoms with van der Waals surface area (Å²) in [5.74, 6) is 0.699. The van der Waals surface area contributed by atoms with Crippen LogP contribution in [-0.4, -0.2) is 9.97 Å². The number of benzene rings is 6. The van der Waals surface area contributed by atoms with Crippen molar-refractivity contribution in [3.8, 4) is 56.2 Å². The highest BCUT2D eigenvalue weighted by Gasteiger charge is 2.12. The SMILES string of the molecule is C=C(/C=C\C=C/C)c1ccccc1Nc1ccc(-c2cccc(-c3cccc(-c4nc(-c5ccccc5)cc(-c5ccccc5)n4)c3)c2)cc1. The summed E-state index contributed by atoms with van der Waals surface area (Å²) in [5, 5.41) is 3.59. The Bertz CT molecular complexity index is 2240. The summed E-state index contributed by atoms with van der Waals surface area (Å²) in [7, 11) is 0. The molecule has 0 bridgehead atoms. The lowest BCUT2D eigenvalue weighted by atomic mass is 9.97. The van der Waals surface area contributed by atoms with Crippen LogP contribution in [0.3, 0.4) is 0 Å². The zero-order valence-electron chi connectivity index (χ0n) is 28.0. The van der Waals surface area contributed by atoms with Gasteiger partial charge in [-0.05, 0) is 71.1 Å². The fourth-order valence-corrected chi connectivity index (χ4v) is 5.95. The van der Waals surface area contributed by atoms with Crippen LogP contribution in [0.25, 0.3) is 61.7 Å². The Labute approximate surface area is 294 Å². The summed E-state index contributed by atoms with van der Waals surface area (Å²) in [6.45, 7) is 6.28. The summed E-state index contributed by atoms with van der Waals surface area (Å²) in [6.07, 6.45) is 8.05. The van der Waals surface area contributed by atoms with Crippen molar-refractivity contribution >= 4 is 16.9 Å². The minimum Gasteiger partial charge on any atom is -0.355 e. The molecule has 7 rings (SSSR count). The van der Waals surface area contributed by atoms with E-state index in [0.29, 0.717) is 5.82 Å². The van der Waals surface area contributed by atoms with Crippen LogP contribution >= 0.6 is 0 Å². The second kappa shape index (κ2) is 15.1. The molecular weight excluding hydrogens is 607 g/mol. The number of hydrogen-bond acceptors (Lipinski definition) is 3. The highest BCUT2D eigenvalue weighted by Crippen LogP contribution is 2.33. The maximum atomic E-state index is 5.04. The van der Waals surface area contributed by atoms with Crippen molar-refractivity contribution in [3.05, 3.63) is 200 Å². The molecule has 6 aromatic carbocycles. The van der Waals surface area contributed by atoms with Crippen LogP contribution in [0, 0.1) is 0 Å². The molecule has 240 valence electrons. The largest absolute Gasteiger partial charge is 0.355 e. The Hall–Kier alpha value is -6.58. The van der Waals surface area contributed by atoms with E-state index in [1.165, 1.54) is 0 Å². The highest BCUT2D eigenvalue weighted by molar-refractivity contribution is 5.83. The van der Waals surface area contributed by atoms with Gasteiger partial charge in [-0.2, -0.15) is 0 Å². The van der Waals surface area contributed by atoms with Crippen molar-refractivity contribution in [2.24, 2.45) is 0 Å². The molecule has 50 heavy (non-hydrogen) atoms. The molecule has 7 aromatic rings. The van der Waals surface area contributed by atoms with Crippen LogP contribution in [0.15, 0.2) is 195 Å². The van der Waals surface area contributed by atoms with E-state index in [0.717, 1.165) is 72.8 Å². The number of allylic oxidation sites excluding steroid dienone is 5. The minimum atomic E-state index is 0.699. The molecule has 1 aromatic heterocycles. The first-order valence-corrected chi connectivity index (χ1v) is 16.8. The Kier molecular flexibility index (Phi) is 9.66. The molecule has 3 nitrogen and oxygen atoms in total. The zero-order chi connectivity index (χ0) is 34.1. The van der Waals surface area contributed by atoms with Gasteiger partial charge < -0.3 is 5.32 Å². The third kappa shape index (κ3) is 7.43. The summed E-state index contributed by atoms with van der Waals surface area (Å²) < 4.78 is 0. The van der Waals surface area contributed by atoms with Crippen molar-refractivity contribution in [1.29, 1.82) is 0 Å². The number of nitrogens with one attached hydrogen (secondary N) is 1. The molecule has 0 radical (unpaired) electrons. The fourth-order valence-electron chi connectivity index (χ4n) is 5.95. The molecule has 0 fully saturated rings. The number of anilines is 2. The van der Waals surface area contributed by atoms with E-state index < -0.39 is 0 Å². The molecule has 0 unspecified atom stereocenters. The molecule has 0 aliphatic rings. The summed E-state index contributed by atoms with van der Waals surface area (Å²) >= 11 is 0. The lowest BCUT2D eigenvalue weighted by Crippen LogP contribution is -1.96. The Balaban J connectivity index is 1.16. The van der Waals surface area contributed by atoms with Crippen molar-refractivity contribution in [2.75, 3.05) is 5.32 Å². The van der Waals surface area contributed by atoms with Crippen molar-refractivity contribution in [1.82, 2.24) is 9.97 Å². The van der Waals surface area contributed by atoms with Crippen molar-refractivity contribution in [3.63, 3.8) is 0 Å². The third-order valence-electron chi connectivity index (χ3n) is 8.55. The van der Waals surface area contributed by atoms with E-state index >= 15 is 0 Å². The van der Waals surface area contributed by atoms with Crippen LogP contribution < -0.4 is 5.32 Å². The first-order valence-electron chi connectivity index (χ1n) is 16.8. The normalized spacial score (nSPS) is 11.2. The number of rotatable bonds is 10. The van der Waals surface area contributed by atoms with Gasteiger partial charge in [0.05, 0.1) is 11.4 Å². The van der Waals surface area contributed by atoms with Gasteiger partial charge >= 0.3 is 0 Å². The van der Waals surface area contributed by atoms with Gasteiger partial charge in [0, 0.05) is 33.6 Å². The molecule has 1 N–H and O–H groups in total. The van der Waals surface area contributed by atoms with Gasteiger partial charge in [-0.25, -0.2) is 9.97 Å². The lowest BCUT2D eigenvalue weighted by molar-refractivity contribution is 1.18. The van der Waals surface area contributed by atoms with E-state index in [9.17, 15) is 0 Å². The summed E-state index contributed by atoms with van der Waals surface area (Å²) in [5.41, 5.74) is 13.5. The molecule has 0 aliphatic carbocycles. The van der Waals surface area contributed by atoms with Crippen LogP contribution in [-0.2, 0) is 0 Å². The Morgan fingerprint density at radius 3 is 1.64 bits per heavy atom. The van der Waals surface area contributed by atoms with E-state index in [4.69, 9.17) is 9.97 Å². The van der Waals surface area contributed by atoms with Crippen LogP contribution in [0.4, 0.5) is 11.4 Å². The maximum Gasteiger partial charge on any atom is 0.160 e. The number of aromatic nitrogens is 2. The van der Waals surface area contributed by atoms with Gasteiger partial charge in [0.2, 0.25) is 0 Å². The summed E-state index contributed by atoms with van der Waals surface area (Å²) in [4.78, 5) is 10.1. The lowest BCUT2D eigenvalue weighted by Gasteiger charge is -2.13. The number of para-hydroxylation sites is 1. The quantitative estimate of drug-likeness (QED) is 0.151. The molecule has 0 spiro atoms. The van der Waals surface area contributed by atoms with Gasteiger partial charge in [-0.1, -0.05) is 158 Å². The summed E-state index contributed by atoms with van der Waals surface area (Å²) in [6, 6.07) is 56.7. The molecule has 3 heteroatoms. The molecule has 1 heterocycles. The van der Waals surface area contributed by atoms with Crippen molar-refractivity contribution < 1.29 is 0 Å². The number of hydrogen-bond donors (Lipinski definition) is 1. The van der Waals surface area contributed by atoms with Gasteiger partial charge in [0.25, 0.3) is 0 Å². The zero-order valence-corrected chi connectivity index (χ0v) is 28.0. The molecule has 0 aliphatic heterocycles. The first kappa shape index (κ1) is 32.0. The monoisotopic (exact) mass is 643 g/mol. The van der Waals surface area contributed by atoms with Crippen LogP contribution in [0.5, 0.6) is 0 Å². The van der Waals surface area contributed by atoms with Gasteiger partial charge in [-0.3, -0.25) is 0 Å². The van der Waals surface area contributed by atoms with E-state index in [2.05, 4.69) is 127 Å². The second-order valence-corrected chi connectivity index (χ2v) is 12.0. The fraction of sp³-hybridized carbons (Fsp3) is 0.0213. The Morgan fingerprint density at radius 1 is 0.500 bits per heavy atom. The predicted octanol–water partition coefficient (Wildman–Crippen LogP) is 12.7. The minimum absolute atomic E-state index is 0.699. The second-order valence-electron chi connectivity index (χ2n) is 12.0. The predicted molar refractivity (Wildman–Crippen MR) is 212 cm³/mol. The molecule has 0 saturated heterocycles. The number of nitrogens with zero attached hydrogens (tertiary/aromatic N) is 2. The maximum absolute atomic E-state index is 5.04. The topological polar surface area (TPSA) is 37.8 Å². The molecule has 0 saturated carbocycles. The molecular formula is C47H37N3. The van der Waals surface area contributed by atoms with E-state index in [1.807, 2.05) is 79.8 Å². The van der Waals surface area contributed by atoms with Gasteiger partial charge in [0.1, 0.15) is 0 Å². The highest BCUT2D eigenvalue weighted by atomic mass is 14.9. The Morgan fingerprint density at radius 2 is 1.02 bits per heavy atom. The third-order valence-corrected chi connectivity index (χ3v) is 8.55. The van der Waals surface area contributed by atoms with Crippen LogP contribution in [0.2, 0.25) is 0 Å². The van der Waals surface area contributed by atoms with E-state index in [-0.39, 0.29) is 0 Å². The average Bonchev–Trinajstić information content (AvgIpc) is 3.19. The van der Waals surface area contributed by atoms with Gasteiger partial charge in [0.15, 0.2) is 5.82 Å². The smallest absolute Gasteiger partial charge is 0.160 e. The average molecular weight is 644 g/mol. The molecule has 0 amide bonds. The standard InChI is InChI=1S/C47H37N3/c1-3-4-7-16-34(2)43-25-12-13-26-44(43)48-42-29-27-35(28-30-42)38-21-14-22-39(31-38)40-23-15-24-41(32-40)47-49-45(36-17-8-5-9-18-36)33-46(50-47)37-19-10-6-11-20-37/h3-33,48H,2H2,1H3/b4-3-,16-7-. The first-order chi connectivity index (χ1) is 24.6. The van der Waals surface area contributed by atoms with Crippen LogP contribution in [0.1, 0.15) is 12.5 Å². The van der Waals surface area contributed by atoms with E-state index in [1.54, 1.807) is 0 Å².